The summed E-state index contributed by atoms with van der Waals surface area (Å²) in [6.07, 6.45) is 1.72. The van der Waals surface area contributed by atoms with Gasteiger partial charge in [-0.1, -0.05) is 18.7 Å². The molecule has 13 heavy (non-hydrogen) atoms. The molecule has 0 saturated carbocycles. The Kier molecular flexibility index (Phi) is 3.26. The molecule has 2 heteroatoms. The summed E-state index contributed by atoms with van der Waals surface area (Å²) in [7, 11) is 1.61. The highest BCUT2D eigenvalue weighted by Gasteiger charge is 1.99. The van der Waals surface area contributed by atoms with Crippen molar-refractivity contribution >= 4 is 5.78 Å². The Balaban J connectivity index is 2.77. The molecule has 0 aliphatic heterocycles. The standard InChI is InChI=1S/C11H12O2/c1-3-10(12)7-9-5-4-6-11(8-9)13-2/h3-6,8H,1,7H2,2H3. The maximum absolute atomic E-state index is 11.0. The zero-order chi connectivity index (χ0) is 9.68. The van der Waals surface area contributed by atoms with E-state index >= 15 is 0 Å². The van der Waals surface area contributed by atoms with Gasteiger partial charge in [-0.05, 0) is 23.8 Å². The first-order chi connectivity index (χ1) is 6.26. The van der Waals surface area contributed by atoms with E-state index in [-0.39, 0.29) is 5.78 Å². The van der Waals surface area contributed by atoms with Crippen LogP contribution in [0.5, 0.6) is 5.75 Å². The number of ether oxygens (including phenoxy) is 1. The van der Waals surface area contributed by atoms with Crippen LogP contribution in [0.3, 0.4) is 0 Å². The van der Waals surface area contributed by atoms with Crippen molar-refractivity contribution in [3.05, 3.63) is 42.5 Å². The molecule has 2 nitrogen and oxygen atoms in total. The fraction of sp³-hybridized carbons (Fsp3) is 0.182. The van der Waals surface area contributed by atoms with Crippen LogP contribution < -0.4 is 4.74 Å². The monoisotopic (exact) mass is 176 g/mol. The second-order valence-corrected chi connectivity index (χ2v) is 2.70. The van der Waals surface area contributed by atoms with E-state index in [1.165, 1.54) is 6.08 Å². The smallest absolute Gasteiger partial charge is 0.159 e. The summed E-state index contributed by atoms with van der Waals surface area (Å²) in [5, 5.41) is 0. The molecule has 68 valence electrons. The van der Waals surface area contributed by atoms with Crippen molar-refractivity contribution in [2.75, 3.05) is 7.11 Å². The number of rotatable bonds is 4. The summed E-state index contributed by atoms with van der Waals surface area (Å²) in [5.41, 5.74) is 0.948. The van der Waals surface area contributed by atoms with Crippen LogP contribution in [-0.2, 0) is 11.2 Å². The van der Waals surface area contributed by atoms with Crippen LogP contribution in [0, 0.1) is 0 Å². The lowest BCUT2D eigenvalue weighted by molar-refractivity contribution is -0.114. The molecule has 0 heterocycles. The maximum Gasteiger partial charge on any atom is 0.159 e. The van der Waals surface area contributed by atoms with Crippen LogP contribution in [0.1, 0.15) is 5.56 Å². The molecule has 0 aliphatic rings. The van der Waals surface area contributed by atoms with Crippen LogP contribution in [0.15, 0.2) is 36.9 Å². The molecular weight excluding hydrogens is 164 g/mol. The van der Waals surface area contributed by atoms with Crippen molar-refractivity contribution in [3.8, 4) is 5.75 Å². The highest BCUT2D eigenvalue weighted by molar-refractivity contribution is 5.90. The van der Waals surface area contributed by atoms with Crippen molar-refractivity contribution in [1.82, 2.24) is 0 Å². The summed E-state index contributed by atoms with van der Waals surface area (Å²) in [4.78, 5) is 11.0. The third-order valence-corrected chi connectivity index (χ3v) is 1.74. The van der Waals surface area contributed by atoms with Crippen molar-refractivity contribution in [1.29, 1.82) is 0 Å². The lowest BCUT2D eigenvalue weighted by atomic mass is 10.1. The predicted molar refractivity (Wildman–Crippen MR) is 51.9 cm³/mol. The molecule has 0 bridgehead atoms. The Bertz CT molecular complexity index is 316. The van der Waals surface area contributed by atoms with Gasteiger partial charge in [-0.15, -0.1) is 0 Å². The van der Waals surface area contributed by atoms with E-state index in [1.807, 2.05) is 24.3 Å². The minimum Gasteiger partial charge on any atom is -0.497 e. The number of carbonyl (C=O) groups excluding carboxylic acids is 1. The van der Waals surface area contributed by atoms with Crippen molar-refractivity contribution in [2.24, 2.45) is 0 Å². The van der Waals surface area contributed by atoms with Crippen LogP contribution >= 0.6 is 0 Å². The molecule has 0 amide bonds. The van der Waals surface area contributed by atoms with Crippen LogP contribution in [0.2, 0.25) is 0 Å². The number of ketones is 1. The molecule has 0 saturated heterocycles. The minimum absolute atomic E-state index is 0.0215. The van der Waals surface area contributed by atoms with E-state index in [1.54, 1.807) is 7.11 Å². The summed E-state index contributed by atoms with van der Waals surface area (Å²) in [6.45, 7) is 3.42. The fourth-order valence-electron chi connectivity index (χ4n) is 1.06. The highest BCUT2D eigenvalue weighted by Crippen LogP contribution is 2.12. The van der Waals surface area contributed by atoms with Gasteiger partial charge in [0.25, 0.3) is 0 Å². The van der Waals surface area contributed by atoms with Crippen molar-refractivity contribution < 1.29 is 9.53 Å². The van der Waals surface area contributed by atoms with Gasteiger partial charge in [0.1, 0.15) is 5.75 Å². The van der Waals surface area contributed by atoms with E-state index in [9.17, 15) is 4.79 Å². The number of hydrogen-bond acceptors (Lipinski definition) is 2. The van der Waals surface area contributed by atoms with Gasteiger partial charge in [-0.25, -0.2) is 0 Å². The molecule has 0 N–H and O–H groups in total. The topological polar surface area (TPSA) is 26.3 Å². The summed E-state index contributed by atoms with van der Waals surface area (Å²) >= 11 is 0. The molecule has 1 aromatic carbocycles. The van der Waals surface area contributed by atoms with Gasteiger partial charge in [-0.2, -0.15) is 0 Å². The van der Waals surface area contributed by atoms with Gasteiger partial charge in [0.2, 0.25) is 0 Å². The molecule has 0 radical (unpaired) electrons. The largest absolute Gasteiger partial charge is 0.497 e. The first-order valence-corrected chi connectivity index (χ1v) is 4.04. The van der Waals surface area contributed by atoms with E-state index in [4.69, 9.17) is 4.74 Å². The summed E-state index contributed by atoms with van der Waals surface area (Å²) in [6, 6.07) is 7.46. The number of carbonyl (C=O) groups is 1. The lowest BCUT2D eigenvalue weighted by Crippen LogP contribution is -1.97. The maximum atomic E-state index is 11.0. The van der Waals surface area contributed by atoms with Gasteiger partial charge in [0.05, 0.1) is 7.11 Å². The highest BCUT2D eigenvalue weighted by atomic mass is 16.5. The molecule has 0 fully saturated rings. The van der Waals surface area contributed by atoms with Crippen LogP contribution in [-0.4, -0.2) is 12.9 Å². The number of hydrogen-bond donors (Lipinski definition) is 0. The Morgan fingerprint density at radius 1 is 1.62 bits per heavy atom. The molecule has 1 rings (SSSR count). The van der Waals surface area contributed by atoms with Crippen molar-refractivity contribution in [2.45, 2.75) is 6.42 Å². The molecule has 0 unspecified atom stereocenters. The van der Waals surface area contributed by atoms with Crippen molar-refractivity contribution in [3.63, 3.8) is 0 Å². The Labute approximate surface area is 77.8 Å². The fourth-order valence-corrected chi connectivity index (χ4v) is 1.06. The third-order valence-electron chi connectivity index (χ3n) is 1.74. The molecule has 0 aliphatic carbocycles. The first-order valence-electron chi connectivity index (χ1n) is 4.04. The van der Waals surface area contributed by atoms with E-state index in [2.05, 4.69) is 6.58 Å². The average molecular weight is 176 g/mol. The Morgan fingerprint density at radius 2 is 2.38 bits per heavy atom. The normalized spacial score (nSPS) is 9.31. The Hall–Kier alpha value is -1.57. The minimum atomic E-state index is 0.0215. The van der Waals surface area contributed by atoms with Gasteiger partial charge in [0.15, 0.2) is 5.78 Å². The van der Waals surface area contributed by atoms with E-state index in [0.717, 1.165) is 11.3 Å². The second-order valence-electron chi connectivity index (χ2n) is 2.70. The second kappa shape index (κ2) is 4.45. The number of benzene rings is 1. The van der Waals surface area contributed by atoms with Crippen LogP contribution in [0.4, 0.5) is 0 Å². The van der Waals surface area contributed by atoms with E-state index < -0.39 is 0 Å². The molecule has 1 aromatic rings. The first kappa shape index (κ1) is 9.52. The third kappa shape index (κ3) is 2.75. The average Bonchev–Trinajstić information content (AvgIpc) is 2.18. The number of methoxy groups -OCH3 is 1. The van der Waals surface area contributed by atoms with Crippen LogP contribution in [0.25, 0.3) is 0 Å². The lowest BCUT2D eigenvalue weighted by Gasteiger charge is -2.01. The predicted octanol–water partition coefficient (Wildman–Crippen LogP) is 1.99. The molecule has 0 aromatic heterocycles. The Morgan fingerprint density at radius 3 is 3.00 bits per heavy atom. The zero-order valence-corrected chi connectivity index (χ0v) is 7.62. The molecular formula is C11H12O2. The summed E-state index contributed by atoms with van der Waals surface area (Å²) in [5.74, 6) is 0.794. The van der Waals surface area contributed by atoms with E-state index in [0.29, 0.717) is 6.42 Å². The van der Waals surface area contributed by atoms with Gasteiger partial charge < -0.3 is 4.74 Å². The zero-order valence-electron chi connectivity index (χ0n) is 7.62. The number of allylic oxidation sites excluding steroid dienone is 1. The summed E-state index contributed by atoms with van der Waals surface area (Å²) < 4.78 is 5.03. The quantitative estimate of drug-likeness (QED) is 0.656. The SMILES string of the molecule is C=CC(=O)Cc1cccc(OC)c1. The van der Waals surface area contributed by atoms with Gasteiger partial charge in [0, 0.05) is 6.42 Å². The van der Waals surface area contributed by atoms with Gasteiger partial charge >= 0.3 is 0 Å². The van der Waals surface area contributed by atoms with Gasteiger partial charge in [-0.3, -0.25) is 4.79 Å². The molecule has 0 atom stereocenters. The molecule has 0 spiro atoms.